The fourth-order valence-electron chi connectivity index (χ4n) is 3.27. The highest BCUT2D eigenvalue weighted by atomic mass is 35.5. The van der Waals surface area contributed by atoms with Gasteiger partial charge in [0.15, 0.2) is 5.82 Å². The largest absolute Gasteiger partial charge is 0.443 e. The molecule has 0 heterocycles. The normalized spacial score (nSPS) is 16.1. The molecule has 0 saturated heterocycles. The molecule has 1 saturated carbocycles. The first kappa shape index (κ1) is 28.9. The summed E-state index contributed by atoms with van der Waals surface area (Å²) in [5, 5.41) is 4.80. The van der Waals surface area contributed by atoms with E-state index in [2.05, 4.69) is 10.6 Å². The van der Waals surface area contributed by atoms with Crippen molar-refractivity contribution in [1.82, 2.24) is 0 Å². The van der Waals surface area contributed by atoms with Gasteiger partial charge in [0.2, 0.25) is 5.91 Å². The molecule has 2 aromatic rings. The Morgan fingerprint density at radius 2 is 1.78 bits per heavy atom. The molecule has 7 nitrogen and oxygen atoms in total. The van der Waals surface area contributed by atoms with Gasteiger partial charge in [0.05, 0.1) is 28.7 Å². The van der Waals surface area contributed by atoms with E-state index in [1.165, 1.54) is 39.0 Å². The van der Waals surface area contributed by atoms with Gasteiger partial charge in [0.25, 0.3) is 5.91 Å². The van der Waals surface area contributed by atoms with E-state index in [-0.39, 0.29) is 22.7 Å². The minimum absolute atomic E-state index is 0.0264. The van der Waals surface area contributed by atoms with Gasteiger partial charge >= 0.3 is 6.09 Å². The Hall–Kier alpha value is -2.69. The summed E-state index contributed by atoms with van der Waals surface area (Å²) in [6.07, 6.45) is -0.899. The van der Waals surface area contributed by atoms with E-state index in [9.17, 15) is 23.2 Å². The van der Waals surface area contributed by atoms with Gasteiger partial charge in [-0.05, 0) is 57.5 Å². The van der Waals surface area contributed by atoms with Crippen LogP contribution in [-0.2, 0) is 9.53 Å². The Bertz CT molecular complexity index is 1240. The molecule has 0 unspecified atom stereocenters. The van der Waals surface area contributed by atoms with Crippen LogP contribution in [0.3, 0.4) is 0 Å². The molecular weight excluding hydrogens is 558 g/mol. The number of hydrogen-bond donors (Lipinski definition) is 2. The fraction of sp³-hybridized carbons (Fsp3) is 0.375. The number of carbonyl (C=O) groups excluding carboxylic acids is 3. The summed E-state index contributed by atoms with van der Waals surface area (Å²) in [6.45, 7) is 2.80. The van der Waals surface area contributed by atoms with Crippen LogP contribution in [0.25, 0.3) is 0 Å². The highest BCUT2D eigenvalue weighted by Crippen LogP contribution is 2.53. The van der Waals surface area contributed by atoms with Crippen LogP contribution in [0.1, 0.15) is 37.6 Å². The van der Waals surface area contributed by atoms with Crippen molar-refractivity contribution in [3.05, 3.63) is 52.6 Å². The Morgan fingerprint density at radius 3 is 2.35 bits per heavy atom. The van der Waals surface area contributed by atoms with Crippen LogP contribution in [0.5, 0.6) is 0 Å². The molecule has 1 aliphatic carbocycles. The molecule has 37 heavy (non-hydrogen) atoms. The fourth-order valence-corrected chi connectivity index (χ4v) is 3.98. The van der Waals surface area contributed by atoms with Crippen LogP contribution in [0, 0.1) is 17.6 Å². The Labute approximate surface area is 226 Å². The second-order valence-electron chi connectivity index (χ2n) is 9.23. The molecule has 0 aromatic heterocycles. The van der Waals surface area contributed by atoms with Gasteiger partial charge in [-0.15, -0.1) is 23.2 Å². The quantitative estimate of drug-likeness (QED) is 0.356. The van der Waals surface area contributed by atoms with Gasteiger partial charge in [-0.3, -0.25) is 14.5 Å². The predicted molar refractivity (Wildman–Crippen MR) is 136 cm³/mol. The number of anilines is 3. The van der Waals surface area contributed by atoms with Crippen LogP contribution >= 0.6 is 34.8 Å². The molecule has 13 heteroatoms. The van der Waals surface area contributed by atoms with Crippen molar-refractivity contribution in [3.8, 4) is 0 Å². The lowest BCUT2D eigenvalue weighted by Crippen LogP contribution is -2.39. The smallest absolute Gasteiger partial charge is 0.415 e. The van der Waals surface area contributed by atoms with E-state index in [0.717, 1.165) is 12.1 Å². The number of benzene rings is 2. The number of carbonyl (C=O) groups is 3. The van der Waals surface area contributed by atoms with E-state index >= 15 is 4.39 Å². The molecule has 1 fully saturated rings. The van der Waals surface area contributed by atoms with Crippen molar-refractivity contribution in [3.63, 3.8) is 0 Å². The third-order valence-corrected chi connectivity index (χ3v) is 6.29. The Kier molecular flexibility index (Phi) is 8.56. The number of nitrogens with zero attached hydrogens (tertiary/aromatic N) is 1. The average molecular weight is 581 g/mol. The maximum atomic E-state index is 15.4. The van der Waals surface area contributed by atoms with Crippen LogP contribution in [0.15, 0.2) is 30.3 Å². The number of alkyl halides is 3. The first-order chi connectivity index (χ1) is 17.1. The number of nitrogens with one attached hydrogen (secondary N) is 2. The van der Waals surface area contributed by atoms with E-state index < -0.39 is 70.0 Å². The van der Waals surface area contributed by atoms with Crippen molar-refractivity contribution in [2.75, 3.05) is 28.8 Å². The summed E-state index contributed by atoms with van der Waals surface area (Å²) in [5.41, 5.74) is -2.36. The van der Waals surface area contributed by atoms with Crippen molar-refractivity contribution in [2.45, 2.75) is 37.1 Å². The molecule has 1 atom stereocenters. The van der Waals surface area contributed by atoms with Crippen LogP contribution in [0.2, 0.25) is 5.02 Å². The van der Waals surface area contributed by atoms with Crippen molar-refractivity contribution in [1.29, 1.82) is 0 Å². The van der Waals surface area contributed by atoms with Gasteiger partial charge in [-0.25, -0.2) is 18.0 Å². The SMILES string of the molecule is CC(C)(C)OC(=O)N(CCF)c1c(F)ccc(NC(=O)c2cc(NC(=O)[C@H]3CC3(Cl)Cl)ccc2Cl)c1F. The predicted octanol–water partition coefficient (Wildman–Crippen LogP) is 6.71. The highest BCUT2D eigenvalue weighted by Gasteiger charge is 2.56. The number of ether oxygens (including phenoxy) is 1. The van der Waals surface area contributed by atoms with Gasteiger partial charge in [-0.2, -0.15) is 0 Å². The van der Waals surface area contributed by atoms with E-state index in [1.54, 1.807) is 0 Å². The van der Waals surface area contributed by atoms with Gasteiger partial charge < -0.3 is 15.4 Å². The maximum Gasteiger partial charge on any atom is 0.415 e. The zero-order valence-electron chi connectivity index (χ0n) is 19.9. The second-order valence-corrected chi connectivity index (χ2v) is 11.2. The zero-order valence-corrected chi connectivity index (χ0v) is 22.2. The van der Waals surface area contributed by atoms with E-state index in [1.807, 2.05) is 0 Å². The lowest BCUT2D eigenvalue weighted by atomic mass is 10.1. The maximum absolute atomic E-state index is 15.4. The first-order valence-electron chi connectivity index (χ1n) is 11.0. The van der Waals surface area contributed by atoms with Crippen molar-refractivity contribution >= 4 is 69.8 Å². The van der Waals surface area contributed by atoms with Crippen LogP contribution in [0.4, 0.5) is 35.0 Å². The summed E-state index contributed by atoms with van der Waals surface area (Å²) in [4.78, 5) is 38.2. The molecule has 200 valence electrons. The van der Waals surface area contributed by atoms with Crippen LogP contribution in [-0.4, -0.2) is 41.1 Å². The molecule has 3 amide bonds. The van der Waals surface area contributed by atoms with E-state index in [0.29, 0.717) is 4.90 Å². The topological polar surface area (TPSA) is 87.7 Å². The van der Waals surface area contributed by atoms with Gasteiger partial charge in [0.1, 0.15) is 28.1 Å². The molecule has 1 aliphatic rings. The molecule has 3 rings (SSSR count). The Balaban J connectivity index is 1.86. The lowest BCUT2D eigenvalue weighted by molar-refractivity contribution is -0.117. The summed E-state index contributed by atoms with van der Waals surface area (Å²) in [5.74, 6) is -4.48. The summed E-state index contributed by atoms with van der Waals surface area (Å²) < 4.78 is 47.1. The highest BCUT2D eigenvalue weighted by molar-refractivity contribution is 6.52. The van der Waals surface area contributed by atoms with Crippen molar-refractivity contribution < 1.29 is 32.3 Å². The van der Waals surface area contributed by atoms with Crippen molar-refractivity contribution in [2.24, 2.45) is 5.92 Å². The first-order valence-corrected chi connectivity index (χ1v) is 12.1. The van der Waals surface area contributed by atoms with Gasteiger partial charge in [-0.1, -0.05) is 11.6 Å². The third kappa shape index (κ3) is 7.00. The van der Waals surface area contributed by atoms with Crippen LogP contribution < -0.4 is 15.5 Å². The second kappa shape index (κ2) is 11.0. The lowest BCUT2D eigenvalue weighted by Gasteiger charge is -2.27. The number of amides is 3. The summed E-state index contributed by atoms with van der Waals surface area (Å²) >= 11 is 17.9. The molecule has 2 aromatic carbocycles. The molecule has 0 aliphatic heterocycles. The summed E-state index contributed by atoms with van der Waals surface area (Å²) in [6, 6.07) is 5.77. The molecule has 2 N–H and O–H groups in total. The number of rotatable bonds is 7. The minimum atomic E-state index is -1.33. The molecule has 0 radical (unpaired) electrons. The standard InChI is InChI=1S/C24H23Cl3F3N3O4/c1-23(2,3)37-22(36)33(9-8-28)19-16(29)6-7-17(18(19)30)32-20(34)13-10-12(4-5-15(13)25)31-21(35)14-11-24(14,26)27/h4-7,10,14H,8-9,11H2,1-3H3,(H,31,35)(H,32,34)/t14-/m1/s1. The minimum Gasteiger partial charge on any atom is -0.443 e. The third-order valence-electron chi connectivity index (χ3n) is 5.13. The number of hydrogen-bond acceptors (Lipinski definition) is 4. The number of halogens is 6. The molecular formula is C24H23Cl3F3N3O4. The Morgan fingerprint density at radius 1 is 1.14 bits per heavy atom. The van der Waals surface area contributed by atoms with E-state index in [4.69, 9.17) is 39.5 Å². The summed E-state index contributed by atoms with van der Waals surface area (Å²) in [7, 11) is 0. The zero-order chi connectivity index (χ0) is 27.7. The monoisotopic (exact) mass is 579 g/mol. The molecule has 0 spiro atoms. The van der Waals surface area contributed by atoms with Gasteiger partial charge in [0, 0.05) is 5.69 Å². The average Bonchev–Trinajstić information content (AvgIpc) is 3.43. The molecule has 0 bridgehead atoms.